The van der Waals surface area contributed by atoms with Crippen molar-refractivity contribution >= 4 is 17.8 Å². The van der Waals surface area contributed by atoms with E-state index in [0.717, 1.165) is 5.56 Å². The number of benzene rings is 2. The van der Waals surface area contributed by atoms with E-state index in [-0.39, 0.29) is 50.2 Å². The van der Waals surface area contributed by atoms with Crippen molar-refractivity contribution in [2.45, 2.75) is 31.8 Å². The van der Waals surface area contributed by atoms with Gasteiger partial charge in [-0.2, -0.15) is 0 Å². The fourth-order valence-corrected chi connectivity index (χ4v) is 3.81. The highest BCUT2D eigenvalue weighted by molar-refractivity contribution is 5.86. The van der Waals surface area contributed by atoms with E-state index in [2.05, 4.69) is 23.8 Å². The molecule has 0 unspecified atom stereocenters. The first-order valence-corrected chi connectivity index (χ1v) is 12.2. The molecule has 0 aliphatic heterocycles. The summed E-state index contributed by atoms with van der Waals surface area (Å²) in [5.41, 5.74) is 1.50. The maximum atomic E-state index is 13.3. The Hall–Kier alpha value is -3.78. The van der Waals surface area contributed by atoms with Crippen molar-refractivity contribution < 1.29 is 28.6 Å². The number of hydrogen-bond donors (Lipinski definition) is 3. The molecule has 0 aliphatic carbocycles. The fraction of sp³-hybridized carbons (Fsp3) is 0.345. The fourth-order valence-electron chi connectivity index (χ4n) is 3.81. The van der Waals surface area contributed by atoms with Gasteiger partial charge in [0.15, 0.2) is 0 Å². The molecule has 7 nitrogen and oxygen atoms in total. The van der Waals surface area contributed by atoms with Crippen LogP contribution in [0.5, 0.6) is 0 Å². The molecule has 0 heterocycles. The lowest BCUT2D eigenvalue weighted by Crippen LogP contribution is -2.38. The van der Waals surface area contributed by atoms with Crippen LogP contribution in [-0.2, 0) is 25.5 Å². The number of esters is 1. The third-order valence-corrected chi connectivity index (χ3v) is 5.76. The van der Waals surface area contributed by atoms with E-state index in [1.165, 1.54) is 12.1 Å². The minimum atomic E-state index is -0.759. The molecule has 3 N–H and O–H groups in total. The van der Waals surface area contributed by atoms with Gasteiger partial charge in [-0.3, -0.25) is 14.4 Å². The van der Waals surface area contributed by atoms with E-state index in [1.807, 2.05) is 18.2 Å². The molecule has 0 saturated carbocycles. The smallest absolute Gasteiger partial charge is 0.310 e. The number of nitrogens with one attached hydrogen (secondary N) is 2. The van der Waals surface area contributed by atoms with Crippen molar-refractivity contribution in [1.29, 1.82) is 0 Å². The van der Waals surface area contributed by atoms with Crippen LogP contribution >= 0.6 is 0 Å². The van der Waals surface area contributed by atoms with Gasteiger partial charge in [-0.1, -0.05) is 54.6 Å². The molecule has 2 amide bonds. The largest absolute Gasteiger partial charge is 0.455 e. The highest BCUT2D eigenvalue weighted by atomic mass is 19.1. The third kappa shape index (κ3) is 10.4. The van der Waals surface area contributed by atoms with Crippen molar-refractivity contribution in [3.63, 3.8) is 0 Å². The maximum Gasteiger partial charge on any atom is 0.310 e. The van der Waals surface area contributed by atoms with Crippen molar-refractivity contribution in [3.8, 4) is 0 Å². The van der Waals surface area contributed by atoms with E-state index in [0.29, 0.717) is 18.4 Å². The molecule has 2 aromatic carbocycles. The van der Waals surface area contributed by atoms with Crippen LogP contribution in [0.2, 0.25) is 0 Å². The van der Waals surface area contributed by atoms with Crippen LogP contribution in [0.15, 0.2) is 79.9 Å². The second-order valence-corrected chi connectivity index (χ2v) is 8.63. The Kier molecular flexibility index (Phi) is 12.8. The molecular weight excluding hydrogens is 475 g/mol. The number of amides is 2. The number of aliphatic hydroxyl groups excluding tert-OH is 1. The highest BCUT2D eigenvalue weighted by Crippen LogP contribution is 2.22. The summed E-state index contributed by atoms with van der Waals surface area (Å²) in [7, 11) is 0. The summed E-state index contributed by atoms with van der Waals surface area (Å²) in [5.74, 6) is -2.73. The average Bonchev–Trinajstić information content (AvgIpc) is 2.90. The van der Waals surface area contributed by atoms with Gasteiger partial charge in [0.25, 0.3) is 0 Å². The highest BCUT2D eigenvalue weighted by Gasteiger charge is 2.26. The Morgan fingerprint density at radius 3 is 2.22 bits per heavy atom. The molecule has 0 radical (unpaired) electrons. The zero-order chi connectivity index (χ0) is 27.0. The number of ether oxygens (including phenoxy) is 1. The minimum Gasteiger partial charge on any atom is -0.455 e. The molecule has 2 rings (SSSR count). The van der Waals surface area contributed by atoms with Gasteiger partial charge >= 0.3 is 5.97 Å². The number of halogens is 1. The maximum absolute atomic E-state index is 13.3. The summed E-state index contributed by atoms with van der Waals surface area (Å²) < 4.78 is 19.2. The number of allylic oxidation sites excluding steroid dienone is 2. The van der Waals surface area contributed by atoms with Crippen LogP contribution in [-0.4, -0.2) is 42.6 Å². The lowest BCUT2D eigenvalue weighted by molar-refractivity contribution is -0.154. The van der Waals surface area contributed by atoms with Crippen molar-refractivity contribution in [3.05, 3.63) is 96.9 Å². The topological polar surface area (TPSA) is 105 Å². The predicted molar refractivity (Wildman–Crippen MR) is 140 cm³/mol. The quantitative estimate of drug-likeness (QED) is 0.236. The van der Waals surface area contributed by atoms with Gasteiger partial charge in [0.1, 0.15) is 11.9 Å². The molecule has 0 saturated heterocycles. The monoisotopic (exact) mass is 510 g/mol. The number of carbonyl (C=O) groups excluding carboxylic acids is 3. The van der Waals surface area contributed by atoms with Gasteiger partial charge in [0, 0.05) is 13.0 Å². The van der Waals surface area contributed by atoms with Crippen molar-refractivity contribution in [1.82, 2.24) is 10.6 Å². The first kappa shape index (κ1) is 29.5. The zero-order valence-corrected chi connectivity index (χ0v) is 20.9. The Labute approximate surface area is 217 Å². The van der Waals surface area contributed by atoms with Gasteiger partial charge in [-0.15, -0.1) is 13.2 Å². The van der Waals surface area contributed by atoms with Crippen LogP contribution in [0.3, 0.4) is 0 Å². The van der Waals surface area contributed by atoms with Gasteiger partial charge < -0.3 is 20.5 Å². The average molecular weight is 511 g/mol. The number of carbonyl (C=O) groups is 3. The summed E-state index contributed by atoms with van der Waals surface area (Å²) in [5, 5.41) is 14.2. The predicted octanol–water partition coefficient (Wildman–Crippen LogP) is 3.65. The molecular formula is C29H35FN2O5. The second-order valence-electron chi connectivity index (χ2n) is 8.63. The van der Waals surface area contributed by atoms with E-state index in [4.69, 9.17) is 9.84 Å². The van der Waals surface area contributed by atoms with Gasteiger partial charge in [-0.25, -0.2) is 4.39 Å². The van der Waals surface area contributed by atoms with Crippen LogP contribution in [0.4, 0.5) is 4.39 Å². The number of rotatable bonds is 16. The number of hydrogen-bond acceptors (Lipinski definition) is 5. The van der Waals surface area contributed by atoms with Crippen LogP contribution < -0.4 is 10.6 Å². The van der Waals surface area contributed by atoms with E-state index in [9.17, 15) is 18.8 Å². The van der Waals surface area contributed by atoms with Gasteiger partial charge in [0.2, 0.25) is 11.8 Å². The first-order valence-electron chi connectivity index (χ1n) is 12.2. The standard InChI is InChI=1S/C29H35FN2O5/c1-3-8-23(19-27(34)31-16-17-33)28(35)32-20-26(22-10-6-5-7-11-22)37-29(36)24(9-4-2)18-21-12-14-25(30)15-13-21/h3-7,10-15,23-24,26,33H,1-2,8-9,16-20H2,(H,31,34)(H,32,35)/t23-,24-,26+/m0/s1. The zero-order valence-electron chi connectivity index (χ0n) is 20.9. The Balaban J connectivity index is 2.11. The minimum absolute atomic E-state index is 0.0118. The molecule has 3 atom stereocenters. The molecule has 37 heavy (non-hydrogen) atoms. The van der Waals surface area contributed by atoms with Crippen molar-refractivity contribution in [2.75, 3.05) is 19.7 Å². The Bertz CT molecular complexity index is 1030. The first-order chi connectivity index (χ1) is 17.9. The van der Waals surface area contributed by atoms with Gasteiger partial charge in [-0.05, 0) is 42.5 Å². The Morgan fingerprint density at radius 1 is 0.946 bits per heavy atom. The van der Waals surface area contributed by atoms with Crippen molar-refractivity contribution in [2.24, 2.45) is 11.8 Å². The van der Waals surface area contributed by atoms with Crippen LogP contribution in [0, 0.1) is 17.7 Å². The summed E-state index contributed by atoms with van der Waals surface area (Å²) in [4.78, 5) is 38.1. The SMILES string of the molecule is C=CC[C@@H](CC(=O)NCCO)C(=O)NC[C@@H](OC(=O)[C@@H](CC=C)Cc1ccc(F)cc1)c1ccccc1. The summed E-state index contributed by atoms with van der Waals surface area (Å²) in [6, 6.07) is 15.0. The van der Waals surface area contributed by atoms with Gasteiger partial charge in [0.05, 0.1) is 25.0 Å². The normalized spacial score (nSPS) is 13.0. The summed E-state index contributed by atoms with van der Waals surface area (Å²) in [6.07, 6.45) is 3.38. The second kappa shape index (κ2) is 16.1. The van der Waals surface area contributed by atoms with E-state index >= 15 is 0 Å². The third-order valence-electron chi connectivity index (χ3n) is 5.76. The molecule has 0 spiro atoms. The lowest BCUT2D eigenvalue weighted by atomic mass is 9.96. The van der Waals surface area contributed by atoms with Crippen LogP contribution in [0.1, 0.15) is 36.5 Å². The van der Waals surface area contributed by atoms with E-state index in [1.54, 1.807) is 36.4 Å². The van der Waals surface area contributed by atoms with Crippen LogP contribution in [0.25, 0.3) is 0 Å². The molecule has 2 aromatic rings. The summed E-state index contributed by atoms with van der Waals surface area (Å²) >= 11 is 0. The molecule has 198 valence electrons. The molecule has 8 heteroatoms. The number of aliphatic hydroxyl groups is 1. The lowest BCUT2D eigenvalue weighted by Gasteiger charge is -2.23. The molecule has 0 fully saturated rings. The van der Waals surface area contributed by atoms with E-state index < -0.39 is 23.9 Å². The molecule has 0 aromatic heterocycles. The Morgan fingerprint density at radius 2 is 1.59 bits per heavy atom. The molecule has 0 aliphatic rings. The molecule has 0 bridgehead atoms. The summed E-state index contributed by atoms with van der Waals surface area (Å²) in [6.45, 7) is 7.32.